The van der Waals surface area contributed by atoms with Crippen LogP contribution >= 0.6 is 0 Å². The first kappa shape index (κ1) is 20.4. The number of hydrogen-bond acceptors (Lipinski definition) is 8. The first-order valence-corrected chi connectivity index (χ1v) is 9.65. The Morgan fingerprint density at radius 2 is 1.81 bits per heavy atom. The van der Waals surface area contributed by atoms with Crippen molar-refractivity contribution in [1.29, 1.82) is 0 Å². The van der Waals surface area contributed by atoms with Gasteiger partial charge in [0.25, 0.3) is 5.88 Å². The zero-order chi connectivity index (χ0) is 20.2. The molecule has 2 N–H and O–H groups in total. The van der Waals surface area contributed by atoms with Gasteiger partial charge in [-0.3, -0.25) is 4.79 Å². The number of furan rings is 1. The third kappa shape index (κ3) is 4.45. The molecule has 0 radical (unpaired) electrons. The van der Waals surface area contributed by atoms with Crippen molar-refractivity contribution in [3.63, 3.8) is 0 Å². The van der Waals surface area contributed by atoms with Crippen molar-refractivity contribution in [1.82, 2.24) is 0 Å². The smallest absolute Gasteiger partial charge is 0.308 e. The number of carbonyl (C=O) groups excluding carboxylic acids is 1. The maximum Gasteiger partial charge on any atom is 0.308 e. The molecule has 2 aromatic rings. The predicted molar refractivity (Wildman–Crippen MR) is 97.9 cm³/mol. The van der Waals surface area contributed by atoms with Gasteiger partial charge in [0.15, 0.2) is 5.76 Å². The van der Waals surface area contributed by atoms with E-state index >= 15 is 0 Å². The second kappa shape index (κ2) is 8.21. The zero-order valence-corrected chi connectivity index (χ0v) is 16.2. The lowest BCUT2D eigenvalue weighted by molar-refractivity contribution is -0.131. The predicted octanol–water partition coefficient (Wildman–Crippen LogP) is 2.75. The van der Waals surface area contributed by atoms with Gasteiger partial charge < -0.3 is 23.7 Å². The highest BCUT2D eigenvalue weighted by Gasteiger charge is 2.30. The molecule has 27 heavy (non-hydrogen) atoms. The van der Waals surface area contributed by atoms with Crippen LogP contribution < -0.4 is 18.9 Å². The third-order valence-electron chi connectivity index (χ3n) is 3.46. The average Bonchev–Trinajstić information content (AvgIpc) is 2.88. The molecule has 2 rings (SSSR count). The SMILES string of the molecule is CCCS(=O)(=O)Nc1oc(-c2c(OC)cccc2OC)c(O)c1OC(C)=O. The molecule has 1 aromatic carbocycles. The van der Waals surface area contributed by atoms with Crippen LogP contribution in [0.25, 0.3) is 11.3 Å². The van der Waals surface area contributed by atoms with Gasteiger partial charge in [-0.15, -0.1) is 0 Å². The number of benzene rings is 1. The van der Waals surface area contributed by atoms with E-state index in [1.54, 1.807) is 25.1 Å². The van der Waals surface area contributed by atoms with Crippen LogP contribution in [-0.4, -0.2) is 39.5 Å². The molecule has 10 heteroatoms. The largest absolute Gasteiger partial charge is 0.502 e. The molecule has 0 saturated heterocycles. The molecule has 0 unspecified atom stereocenters. The number of rotatable bonds is 8. The van der Waals surface area contributed by atoms with E-state index in [0.29, 0.717) is 17.9 Å². The number of carbonyl (C=O) groups is 1. The van der Waals surface area contributed by atoms with E-state index in [1.807, 2.05) is 0 Å². The summed E-state index contributed by atoms with van der Waals surface area (Å²) < 4.78 is 47.4. The second-order valence-electron chi connectivity index (χ2n) is 5.49. The summed E-state index contributed by atoms with van der Waals surface area (Å²) in [7, 11) is -0.943. The van der Waals surface area contributed by atoms with E-state index < -0.39 is 33.4 Å². The third-order valence-corrected chi connectivity index (χ3v) is 4.90. The lowest BCUT2D eigenvalue weighted by Crippen LogP contribution is -2.16. The van der Waals surface area contributed by atoms with E-state index in [-0.39, 0.29) is 17.1 Å². The van der Waals surface area contributed by atoms with Gasteiger partial charge in [0, 0.05) is 6.92 Å². The van der Waals surface area contributed by atoms with Crippen molar-refractivity contribution in [3.8, 4) is 34.3 Å². The highest BCUT2D eigenvalue weighted by atomic mass is 32.2. The van der Waals surface area contributed by atoms with Crippen molar-refractivity contribution in [3.05, 3.63) is 18.2 Å². The van der Waals surface area contributed by atoms with Crippen LogP contribution in [0, 0.1) is 0 Å². The van der Waals surface area contributed by atoms with E-state index in [4.69, 9.17) is 18.6 Å². The monoisotopic (exact) mass is 399 g/mol. The Balaban J connectivity index is 2.68. The average molecular weight is 399 g/mol. The van der Waals surface area contributed by atoms with Crippen LogP contribution in [0.2, 0.25) is 0 Å². The standard InChI is InChI=1S/C17H21NO8S/c1-5-9-27(21,22)18-17-16(25-10(2)19)14(20)15(26-17)13-11(23-3)7-6-8-12(13)24-4/h6-8,18,20H,5,9H2,1-4H3. The maximum atomic E-state index is 12.1. The summed E-state index contributed by atoms with van der Waals surface area (Å²) in [6.07, 6.45) is 0.359. The number of sulfonamides is 1. The van der Waals surface area contributed by atoms with Crippen molar-refractivity contribution in [2.24, 2.45) is 0 Å². The van der Waals surface area contributed by atoms with Crippen LogP contribution in [0.3, 0.4) is 0 Å². The topological polar surface area (TPSA) is 124 Å². The summed E-state index contributed by atoms with van der Waals surface area (Å²) >= 11 is 0. The van der Waals surface area contributed by atoms with Gasteiger partial charge in [0.05, 0.1) is 20.0 Å². The van der Waals surface area contributed by atoms with Gasteiger partial charge >= 0.3 is 5.97 Å². The fourth-order valence-corrected chi connectivity index (χ4v) is 3.47. The van der Waals surface area contributed by atoms with Gasteiger partial charge in [-0.25, -0.2) is 13.1 Å². The molecule has 0 aliphatic heterocycles. The molecule has 148 valence electrons. The molecule has 0 aliphatic carbocycles. The minimum absolute atomic E-state index is 0.172. The fourth-order valence-electron chi connectivity index (χ4n) is 2.42. The Hall–Kier alpha value is -2.88. The molecule has 0 aliphatic rings. The van der Waals surface area contributed by atoms with Crippen LogP contribution in [-0.2, 0) is 14.8 Å². The molecule has 1 heterocycles. The first-order valence-electron chi connectivity index (χ1n) is 8.00. The van der Waals surface area contributed by atoms with Gasteiger partial charge in [0.1, 0.15) is 17.1 Å². The number of ether oxygens (including phenoxy) is 3. The molecule has 0 fully saturated rings. The fraction of sp³-hybridized carbons (Fsp3) is 0.353. The molecule has 1 aromatic heterocycles. The molecule has 9 nitrogen and oxygen atoms in total. The summed E-state index contributed by atoms with van der Waals surface area (Å²) in [6.45, 7) is 2.80. The lowest BCUT2D eigenvalue weighted by atomic mass is 10.1. The van der Waals surface area contributed by atoms with Gasteiger partial charge in [-0.05, 0) is 18.6 Å². The van der Waals surface area contributed by atoms with Crippen molar-refractivity contribution in [2.75, 3.05) is 24.7 Å². The minimum Gasteiger partial charge on any atom is -0.502 e. The Morgan fingerprint density at radius 1 is 1.22 bits per heavy atom. The van der Waals surface area contributed by atoms with Gasteiger partial charge in [-0.1, -0.05) is 13.0 Å². The van der Waals surface area contributed by atoms with E-state index in [1.165, 1.54) is 14.2 Å². The van der Waals surface area contributed by atoms with Crippen LogP contribution in [0.15, 0.2) is 22.6 Å². The number of nitrogens with one attached hydrogen (secondary N) is 1. The molecule has 0 bridgehead atoms. The summed E-state index contributed by atoms with van der Waals surface area (Å²) in [6, 6.07) is 4.87. The highest BCUT2D eigenvalue weighted by Crippen LogP contribution is 2.51. The molecule has 0 saturated carbocycles. The normalized spacial score (nSPS) is 11.1. The van der Waals surface area contributed by atoms with E-state index in [2.05, 4.69) is 4.72 Å². The molecular formula is C17H21NO8S. The summed E-state index contributed by atoms with van der Waals surface area (Å²) in [5.74, 6) is -1.94. The lowest BCUT2D eigenvalue weighted by Gasteiger charge is -2.11. The van der Waals surface area contributed by atoms with Gasteiger partial charge in [-0.2, -0.15) is 0 Å². The number of anilines is 1. The number of methoxy groups -OCH3 is 2. The Bertz CT molecular complexity index is 910. The number of aromatic hydroxyl groups is 1. The van der Waals surface area contributed by atoms with Crippen molar-refractivity contribution in [2.45, 2.75) is 20.3 Å². The van der Waals surface area contributed by atoms with Gasteiger partial charge in [0.2, 0.25) is 21.5 Å². The Morgan fingerprint density at radius 3 is 2.30 bits per heavy atom. The first-order chi connectivity index (χ1) is 12.7. The summed E-state index contributed by atoms with van der Waals surface area (Å²) in [5.41, 5.74) is 0.231. The van der Waals surface area contributed by atoms with Crippen molar-refractivity contribution >= 4 is 21.9 Å². The quantitative estimate of drug-likeness (QED) is 0.649. The maximum absolute atomic E-state index is 12.1. The van der Waals surface area contributed by atoms with Crippen LogP contribution in [0.1, 0.15) is 20.3 Å². The molecular weight excluding hydrogens is 378 g/mol. The number of esters is 1. The van der Waals surface area contributed by atoms with Crippen LogP contribution in [0.4, 0.5) is 5.88 Å². The molecule has 0 spiro atoms. The zero-order valence-electron chi connectivity index (χ0n) is 15.4. The molecule has 0 atom stereocenters. The summed E-state index contributed by atoms with van der Waals surface area (Å²) in [4.78, 5) is 11.4. The Kier molecular flexibility index (Phi) is 6.21. The number of hydrogen-bond donors (Lipinski definition) is 2. The molecule has 0 amide bonds. The summed E-state index contributed by atoms with van der Waals surface area (Å²) in [5, 5.41) is 10.6. The minimum atomic E-state index is -3.77. The van der Waals surface area contributed by atoms with Crippen LogP contribution in [0.5, 0.6) is 23.0 Å². The van der Waals surface area contributed by atoms with E-state index in [0.717, 1.165) is 6.92 Å². The second-order valence-corrected chi connectivity index (χ2v) is 7.33. The van der Waals surface area contributed by atoms with Crippen molar-refractivity contribution < 1.29 is 36.9 Å². The van der Waals surface area contributed by atoms with E-state index in [9.17, 15) is 18.3 Å². The highest BCUT2D eigenvalue weighted by molar-refractivity contribution is 7.92. The Labute approximate surface area is 156 Å².